The van der Waals surface area contributed by atoms with Gasteiger partial charge in [-0.2, -0.15) is 0 Å². The summed E-state index contributed by atoms with van der Waals surface area (Å²) < 4.78 is 20.2. The molecule has 10 nitrogen and oxygen atoms in total. The van der Waals surface area contributed by atoms with Crippen molar-refractivity contribution in [3.8, 4) is 0 Å². The molecular weight excluding hydrogens is 420 g/mol. The highest BCUT2D eigenvalue weighted by Crippen LogP contribution is 2.28. The minimum atomic E-state index is -1.31. The molecule has 2 fully saturated rings. The highest BCUT2D eigenvalue weighted by atomic mass is 16.7. The van der Waals surface area contributed by atoms with Gasteiger partial charge in [0.25, 0.3) is 11.6 Å². The molecule has 2 aliphatic rings. The Labute approximate surface area is 184 Å². The van der Waals surface area contributed by atoms with E-state index in [4.69, 9.17) is 18.9 Å². The monoisotopic (exact) mass is 444 g/mol. The Morgan fingerprint density at radius 2 is 0.906 bits per heavy atom. The molecule has 0 spiro atoms. The predicted molar refractivity (Wildman–Crippen MR) is 112 cm³/mol. The fourth-order valence-corrected chi connectivity index (χ4v) is 2.98. The van der Waals surface area contributed by atoms with E-state index in [9.17, 15) is 19.2 Å². The number of esters is 4. The standard InChI is InChI=1S/C22H24N2O8/c1-11-7-16(24-10-14-19(27)31-22(5,6)32-20(14)28)12(2)8-15(11)23-9-13-17(25)29-21(3,4)30-18(13)26/h7-10,23-24H,1-6H3. The molecule has 0 unspecified atom stereocenters. The van der Waals surface area contributed by atoms with Gasteiger partial charge in [0.1, 0.15) is 0 Å². The minimum Gasteiger partial charge on any atom is -0.419 e. The fourth-order valence-electron chi connectivity index (χ4n) is 2.98. The zero-order chi connectivity index (χ0) is 23.8. The summed E-state index contributed by atoms with van der Waals surface area (Å²) in [4.78, 5) is 48.2. The number of carbonyl (C=O) groups is 4. The second-order valence-corrected chi connectivity index (χ2v) is 8.24. The Morgan fingerprint density at radius 1 is 0.625 bits per heavy atom. The molecule has 2 aliphatic heterocycles. The lowest BCUT2D eigenvalue weighted by atomic mass is 10.1. The van der Waals surface area contributed by atoms with Gasteiger partial charge in [-0.1, -0.05) is 0 Å². The van der Waals surface area contributed by atoms with E-state index in [2.05, 4.69) is 10.6 Å². The smallest absolute Gasteiger partial charge is 0.350 e. The van der Waals surface area contributed by atoms with Crippen molar-refractivity contribution < 1.29 is 38.1 Å². The van der Waals surface area contributed by atoms with Crippen molar-refractivity contribution in [2.45, 2.75) is 53.1 Å². The van der Waals surface area contributed by atoms with Gasteiger partial charge < -0.3 is 29.6 Å². The molecule has 32 heavy (non-hydrogen) atoms. The van der Waals surface area contributed by atoms with Gasteiger partial charge in [0.2, 0.25) is 0 Å². The molecule has 2 saturated heterocycles. The van der Waals surface area contributed by atoms with Crippen molar-refractivity contribution in [2.24, 2.45) is 0 Å². The Balaban J connectivity index is 1.76. The van der Waals surface area contributed by atoms with Crippen LogP contribution in [-0.2, 0) is 38.1 Å². The Bertz CT molecular complexity index is 952. The van der Waals surface area contributed by atoms with Crippen LogP contribution >= 0.6 is 0 Å². The summed E-state index contributed by atoms with van der Waals surface area (Å²) >= 11 is 0. The van der Waals surface area contributed by atoms with Crippen LogP contribution in [0.3, 0.4) is 0 Å². The van der Waals surface area contributed by atoms with Gasteiger partial charge in [0, 0.05) is 51.5 Å². The van der Waals surface area contributed by atoms with Gasteiger partial charge in [-0.3, -0.25) is 0 Å². The van der Waals surface area contributed by atoms with Crippen molar-refractivity contribution in [1.82, 2.24) is 0 Å². The van der Waals surface area contributed by atoms with E-state index in [1.807, 2.05) is 0 Å². The zero-order valence-corrected chi connectivity index (χ0v) is 18.6. The van der Waals surface area contributed by atoms with E-state index in [1.165, 1.54) is 40.1 Å². The summed E-state index contributed by atoms with van der Waals surface area (Å²) in [6, 6.07) is 3.52. The summed E-state index contributed by atoms with van der Waals surface area (Å²) in [5.74, 6) is -5.76. The van der Waals surface area contributed by atoms with Crippen LogP contribution in [-0.4, -0.2) is 35.5 Å². The van der Waals surface area contributed by atoms with Crippen molar-refractivity contribution in [1.29, 1.82) is 0 Å². The normalized spacial score (nSPS) is 19.3. The maximum atomic E-state index is 12.1. The number of ether oxygens (including phenoxy) is 4. The lowest BCUT2D eigenvalue weighted by Crippen LogP contribution is -2.42. The topological polar surface area (TPSA) is 129 Å². The van der Waals surface area contributed by atoms with Gasteiger partial charge in [-0.15, -0.1) is 0 Å². The number of carbonyl (C=O) groups excluding carboxylic acids is 4. The third-order valence-electron chi connectivity index (χ3n) is 4.55. The molecule has 10 heteroatoms. The SMILES string of the molecule is Cc1cc(NC=C2C(=O)OC(C)(C)OC2=O)c(C)cc1NC=C1C(=O)OC(C)(C)OC1=O. The highest BCUT2D eigenvalue weighted by Gasteiger charge is 2.40. The summed E-state index contributed by atoms with van der Waals surface area (Å²) in [7, 11) is 0. The second-order valence-electron chi connectivity index (χ2n) is 8.24. The Hall–Kier alpha value is -3.82. The number of anilines is 2. The summed E-state index contributed by atoms with van der Waals surface area (Å²) in [6.45, 7) is 9.46. The van der Waals surface area contributed by atoms with Crippen molar-refractivity contribution in [3.63, 3.8) is 0 Å². The number of hydrogen-bond acceptors (Lipinski definition) is 10. The first-order valence-corrected chi connectivity index (χ1v) is 9.76. The van der Waals surface area contributed by atoms with Crippen LogP contribution in [0.1, 0.15) is 38.8 Å². The number of rotatable bonds is 4. The quantitative estimate of drug-likeness (QED) is 0.406. The maximum Gasteiger partial charge on any atom is 0.350 e. The Kier molecular flexibility index (Phi) is 5.73. The molecule has 170 valence electrons. The first kappa shape index (κ1) is 22.9. The zero-order valence-electron chi connectivity index (χ0n) is 18.6. The molecule has 0 amide bonds. The summed E-state index contributed by atoms with van der Waals surface area (Å²) in [5, 5.41) is 5.82. The number of aryl methyl sites for hydroxylation is 2. The highest BCUT2D eigenvalue weighted by molar-refractivity contribution is 6.16. The maximum absolute atomic E-state index is 12.1. The molecule has 1 aromatic rings. The molecule has 3 rings (SSSR count). The number of nitrogens with one attached hydrogen (secondary N) is 2. The van der Waals surface area contributed by atoms with Gasteiger partial charge >= 0.3 is 23.9 Å². The average molecular weight is 444 g/mol. The van der Waals surface area contributed by atoms with Gasteiger partial charge in [0.05, 0.1) is 0 Å². The average Bonchev–Trinajstić information content (AvgIpc) is 2.61. The van der Waals surface area contributed by atoms with Gasteiger partial charge in [-0.25, -0.2) is 19.2 Å². The third-order valence-corrected chi connectivity index (χ3v) is 4.55. The van der Waals surface area contributed by atoms with E-state index in [-0.39, 0.29) is 11.1 Å². The molecule has 2 N–H and O–H groups in total. The van der Waals surface area contributed by atoms with Crippen LogP contribution in [0.15, 0.2) is 35.7 Å². The molecular formula is C22H24N2O8. The molecule has 1 aromatic carbocycles. The third kappa shape index (κ3) is 4.90. The predicted octanol–water partition coefficient (Wildman–Crippen LogP) is 2.57. The molecule has 0 bridgehead atoms. The van der Waals surface area contributed by atoms with Crippen LogP contribution in [0.5, 0.6) is 0 Å². The van der Waals surface area contributed by atoms with Crippen molar-refractivity contribution in [3.05, 3.63) is 46.8 Å². The van der Waals surface area contributed by atoms with Crippen LogP contribution in [0.2, 0.25) is 0 Å². The molecule has 0 aromatic heterocycles. The fraction of sp³-hybridized carbons (Fsp3) is 0.364. The number of hydrogen-bond donors (Lipinski definition) is 2. The van der Waals surface area contributed by atoms with Crippen LogP contribution in [0.25, 0.3) is 0 Å². The van der Waals surface area contributed by atoms with E-state index in [1.54, 1.807) is 26.0 Å². The van der Waals surface area contributed by atoms with Crippen LogP contribution < -0.4 is 10.6 Å². The van der Waals surface area contributed by atoms with Crippen LogP contribution in [0, 0.1) is 13.8 Å². The largest absolute Gasteiger partial charge is 0.419 e. The molecule has 0 atom stereocenters. The number of cyclic esters (lactones) is 4. The summed E-state index contributed by atoms with van der Waals surface area (Å²) in [6.07, 6.45) is 2.46. The van der Waals surface area contributed by atoms with Gasteiger partial charge in [-0.05, 0) is 37.1 Å². The minimum absolute atomic E-state index is 0.259. The molecule has 0 aliphatic carbocycles. The molecule has 0 radical (unpaired) electrons. The second kappa shape index (κ2) is 8.03. The van der Waals surface area contributed by atoms with E-state index >= 15 is 0 Å². The van der Waals surface area contributed by atoms with E-state index in [0.717, 1.165) is 11.1 Å². The Morgan fingerprint density at radius 3 is 1.19 bits per heavy atom. The van der Waals surface area contributed by atoms with E-state index in [0.29, 0.717) is 11.4 Å². The lowest BCUT2D eigenvalue weighted by molar-refractivity contribution is -0.224. The van der Waals surface area contributed by atoms with Gasteiger partial charge in [0.15, 0.2) is 11.1 Å². The van der Waals surface area contributed by atoms with Crippen LogP contribution in [0.4, 0.5) is 11.4 Å². The lowest BCUT2D eigenvalue weighted by Gasteiger charge is -2.29. The van der Waals surface area contributed by atoms with E-state index < -0.39 is 35.5 Å². The molecule has 2 heterocycles. The van der Waals surface area contributed by atoms with Crippen molar-refractivity contribution >= 4 is 35.3 Å². The van der Waals surface area contributed by atoms with Crippen molar-refractivity contribution in [2.75, 3.05) is 10.6 Å². The first-order chi connectivity index (χ1) is 14.8. The number of benzene rings is 1. The summed E-state index contributed by atoms with van der Waals surface area (Å²) in [5.41, 5.74) is 2.23. The molecule has 0 saturated carbocycles. The first-order valence-electron chi connectivity index (χ1n) is 9.76.